The molecule has 106 valence electrons. The van der Waals surface area contributed by atoms with Gasteiger partial charge in [0.2, 0.25) is 0 Å². The van der Waals surface area contributed by atoms with Crippen molar-refractivity contribution >= 4 is 11.6 Å². The van der Waals surface area contributed by atoms with Gasteiger partial charge in [-0.1, -0.05) is 31.5 Å². The van der Waals surface area contributed by atoms with E-state index >= 15 is 0 Å². The highest BCUT2D eigenvalue weighted by Crippen LogP contribution is 2.52. The number of hydrogen-bond donors (Lipinski definition) is 1. The van der Waals surface area contributed by atoms with Crippen molar-refractivity contribution in [1.82, 2.24) is 5.32 Å². The smallest absolute Gasteiger partial charge is 0.179 e. The van der Waals surface area contributed by atoms with Crippen molar-refractivity contribution in [1.29, 1.82) is 0 Å². The van der Waals surface area contributed by atoms with Crippen LogP contribution in [0.1, 0.15) is 31.7 Å². The summed E-state index contributed by atoms with van der Waals surface area (Å²) in [5.74, 6) is 2.55. The van der Waals surface area contributed by atoms with Crippen LogP contribution in [0.5, 0.6) is 11.5 Å². The summed E-state index contributed by atoms with van der Waals surface area (Å²) in [6.45, 7) is 5.38. The Morgan fingerprint density at radius 3 is 2.63 bits per heavy atom. The van der Waals surface area contributed by atoms with Crippen LogP contribution in [-0.2, 0) is 0 Å². The fraction of sp³-hybridized carbons (Fsp3) is 0.600. The van der Waals surface area contributed by atoms with E-state index in [2.05, 4.69) is 25.2 Å². The van der Waals surface area contributed by atoms with Crippen molar-refractivity contribution in [3.63, 3.8) is 0 Å². The molecule has 1 aliphatic carbocycles. The van der Waals surface area contributed by atoms with E-state index in [1.54, 1.807) is 14.2 Å². The van der Waals surface area contributed by atoms with Crippen LogP contribution < -0.4 is 14.8 Å². The highest BCUT2D eigenvalue weighted by Gasteiger charge is 2.40. The van der Waals surface area contributed by atoms with Crippen molar-refractivity contribution in [2.75, 3.05) is 20.8 Å². The predicted molar refractivity (Wildman–Crippen MR) is 78.5 cm³/mol. The number of rotatable bonds is 6. The molecule has 1 aliphatic rings. The summed E-state index contributed by atoms with van der Waals surface area (Å²) in [7, 11) is 3.25. The standard InChI is InChI=1S/C15H22ClNO2/c1-9(2)17-8-10-7-12(10)11-5-6-13(18-3)15(19-4)14(11)16/h5-6,9-10,12,17H,7-8H2,1-4H3. The molecule has 0 radical (unpaired) electrons. The Bertz CT molecular complexity index is 448. The van der Waals surface area contributed by atoms with Gasteiger partial charge in [-0.05, 0) is 36.4 Å². The van der Waals surface area contributed by atoms with E-state index in [0.29, 0.717) is 34.4 Å². The maximum Gasteiger partial charge on any atom is 0.179 e. The van der Waals surface area contributed by atoms with Gasteiger partial charge in [0.1, 0.15) is 0 Å². The molecule has 1 fully saturated rings. The molecular weight excluding hydrogens is 262 g/mol. The summed E-state index contributed by atoms with van der Waals surface area (Å²) >= 11 is 6.43. The molecule has 0 amide bonds. The van der Waals surface area contributed by atoms with Crippen LogP contribution in [0.4, 0.5) is 0 Å². The third kappa shape index (κ3) is 3.15. The van der Waals surface area contributed by atoms with Gasteiger partial charge >= 0.3 is 0 Å². The first-order chi connectivity index (χ1) is 9.08. The first-order valence-electron chi connectivity index (χ1n) is 6.72. The Morgan fingerprint density at radius 1 is 1.32 bits per heavy atom. The summed E-state index contributed by atoms with van der Waals surface area (Å²) < 4.78 is 10.6. The lowest BCUT2D eigenvalue weighted by atomic mass is 10.1. The number of nitrogens with one attached hydrogen (secondary N) is 1. The first-order valence-corrected chi connectivity index (χ1v) is 7.10. The van der Waals surface area contributed by atoms with Gasteiger partial charge in [-0.2, -0.15) is 0 Å². The molecule has 0 heterocycles. The average Bonchev–Trinajstić information content (AvgIpc) is 3.15. The van der Waals surface area contributed by atoms with Crippen molar-refractivity contribution < 1.29 is 9.47 Å². The summed E-state index contributed by atoms with van der Waals surface area (Å²) in [6, 6.07) is 4.52. The van der Waals surface area contributed by atoms with E-state index in [1.807, 2.05) is 6.07 Å². The van der Waals surface area contributed by atoms with E-state index in [9.17, 15) is 0 Å². The second-order valence-corrected chi connectivity index (χ2v) is 5.75. The molecule has 0 aromatic heterocycles. The Morgan fingerprint density at radius 2 is 2.05 bits per heavy atom. The van der Waals surface area contributed by atoms with Crippen molar-refractivity contribution in [2.45, 2.75) is 32.2 Å². The summed E-state index contributed by atoms with van der Waals surface area (Å²) in [5, 5.41) is 4.17. The summed E-state index contributed by atoms with van der Waals surface area (Å²) in [5.41, 5.74) is 1.18. The zero-order valence-corrected chi connectivity index (χ0v) is 12.8. The van der Waals surface area contributed by atoms with Crippen LogP contribution in [0, 0.1) is 5.92 Å². The minimum Gasteiger partial charge on any atom is -0.493 e. The summed E-state index contributed by atoms with van der Waals surface area (Å²) in [6.07, 6.45) is 1.19. The number of halogens is 1. The molecule has 0 bridgehead atoms. The van der Waals surface area contributed by atoms with Gasteiger partial charge in [-0.15, -0.1) is 0 Å². The molecule has 19 heavy (non-hydrogen) atoms. The Hall–Kier alpha value is -0.930. The average molecular weight is 284 g/mol. The zero-order chi connectivity index (χ0) is 14.0. The fourth-order valence-corrected chi connectivity index (χ4v) is 2.81. The van der Waals surface area contributed by atoms with Crippen LogP contribution in [-0.4, -0.2) is 26.8 Å². The Labute approximate surface area is 120 Å². The van der Waals surface area contributed by atoms with Gasteiger partial charge in [0.05, 0.1) is 19.2 Å². The normalized spacial score (nSPS) is 21.6. The highest BCUT2D eigenvalue weighted by molar-refractivity contribution is 6.33. The van der Waals surface area contributed by atoms with E-state index < -0.39 is 0 Å². The molecule has 0 saturated heterocycles. The molecule has 0 spiro atoms. The van der Waals surface area contributed by atoms with Crippen LogP contribution >= 0.6 is 11.6 Å². The van der Waals surface area contributed by atoms with Gasteiger partial charge < -0.3 is 14.8 Å². The molecule has 1 saturated carbocycles. The molecule has 4 heteroatoms. The van der Waals surface area contributed by atoms with E-state index in [4.69, 9.17) is 21.1 Å². The van der Waals surface area contributed by atoms with Crippen LogP contribution in [0.3, 0.4) is 0 Å². The van der Waals surface area contributed by atoms with Gasteiger partial charge in [0.15, 0.2) is 11.5 Å². The maximum atomic E-state index is 6.43. The lowest BCUT2D eigenvalue weighted by Crippen LogP contribution is -2.25. The molecule has 1 aromatic rings. The summed E-state index contributed by atoms with van der Waals surface area (Å²) in [4.78, 5) is 0. The highest BCUT2D eigenvalue weighted by atomic mass is 35.5. The molecule has 2 unspecified atom stereocenters. The number of hydrogen-bond acceptors (Lipinski definition) is 3. The number of ether oxygens (including phenoxy) is 2. The number of benzene rings is 1. The molecule has 1 aromatic carbocycles. The van der Waals surface area contributed by atoms with Crippen LogP contribution in [0.2, 0.25) is 5.02 Å². The van der Waals surface area contributed by atoms with Gasteiger partial charge in [0, 0.05) is 6.04 Å². The van der Waals surface area contributed by atoms with Crippen molar-refractivity contribution in [3.05, 3.63) is 22.7 Å². The first kappa shape index (κ1) is 14.5. The predicted octanol–water partition coefficient (Wildman–Crippen LogP) is 3.46. The molecule has 1 N–H and O–H groups in total. The largest absolute Gasteiger partial charge is 0.493 e. The Kier molecular flexibility index (Phi) is 4.58. The molecular formula is C15H22ClNO2. The fourth-order valence-electron chi connectivity index (χ4n) is 2.43. The van der Waals surface area contributed by atoms with Crippen molar-refractivity contribution in [2.24, 2.45) is 5.92 Å². The van der Waals surface area contributed by atoms with Gasteiger partial charge in [0.25, 0.3) is 0 Å². The van der Waals surface area contributed by atoms with Gasteiger partial charge in [-0.25, -0.2) is 0 Å². The second-order valence-electron chi connectivity index (χ2n) is 5.37. The molecule has 2 rings (SSSR count). The minimum atomic E-state index is 0.530. The lowest BCUT2D eigenvalue weighted by Gasteiger charge is -2.13. The van der Waals surface area contributed by atoms with E-state index in [1.165, 1.54) is 12.0 Å². The minimum absolute atomic E-state index is 0.530. The molecule has 2 atom stereocenters. The third-order valence-corrected chi connectivity index (χ3v) is 4.02. The SMILES string of the molecule is COc1ccc(C2CC2CNC(C)C)c(Cl)c1OC. The van der Waals surface area contributed by atoms with E-state index in [-0.39, 0.29) is 0 Å². The van der Waals surface area contributed by atoms with Crippen LogP contribution in [0.25, 0.3) is 0 Å². The lowest BCUT2D eigenvalue weighted by molar-refractivity contribution is 0.354. The maximum absolute atomic E-state index is 6.43. The molecule has 3 nitrogen and oxygen atoms in total. The number of methoxy groups -OCH3 is 2. The topological polar surface area (TPSA) is 30.5 Å². The van der Waals surface area contributed by atoms with Crippen LogP contribution in [0.15, 0.2) is 12.1 Å². The second kappa shape index (κ2) is 6.02. The quantitative estimate of drug-likeness (QED) is 0.867. The third-order valence-electron chi connectivity index (χ3n) is 3.63. The zero-order valence-electron chi connectivity index (χ0n) is 12.0. The van der Waals surface area contributed by atoms with E-state index in [0.717, 1.165) is 6.54 Å². The van der Waals surface area contributed by atoms with Crippen molar-refractivity contribution in [3.8, 4) is 11.5 Å². The Balaban J connectivity index is 2.10. The molecule has 0 aliphatic heterocycles. The van der Waals surface area contributed by atoms with Gasteiger partial charge in [-0.3, -0.25) is 0 Å². The monoisotopic (exact) mass is 283 g/mol.